The van der Waals surface area contributed by atoms with Crippen LogP contribution in [0.25, 0.3) is 0 Å². The SMILES string of the molecule is NC(=O)c1cncnc1CC1CCN(S(=O)(=O)c2cccc(Cl)c2)CC1. The van der Waals surface area contributed by atoms with E-state index in [0.717, 1.165) is 0 Å². The lowest BCUT2D eigenvalue weighted by atomic mass is 9.92. The number of hydrogen-bond donors (Lipinski definition) is 1. The summed E-state index contributed by atoms with van der Waals surface area (Å²) in [7, 11) is -3.55. The largest absolute Gasteiger partial charge is 0.365 e. The van der Waals surface area contributed by atoms with Crippen molar-refractivity contribution in [3.8, 4) is 0 Å². The summed E-state index contributed by atoms with van der Waals surface area (Å²) in [6, 6.07) is 6.28. The van der Waals surface area contributed by atoms with Crippen LogP contribution in [0.5, 0.6) is 0 Å². The third kappa shape index (κ3) is 4.03. The van der Waals surface area contributed by atoms with Crippen molar-refractivity contribution in [1.82, 2.24) is 14.3 Å². The van der Waals surface area contributed by atoms with Crippen molar-refractivity contribution in [2.24, 2.45) is 11.7 Å². The van der Waals surface area contributed by atoms with E-state index in [-0.39, 0.29) is 10.8 Å². The molecule has 0 saturated carbocycles. The minimum atomic E-state index is -3.55. The van der Waals surface area contributed by atoms with Crippen molar-refractivity contribution < 1.29 is 13.2 Å². The first-order chi connectivity index (χ1) is 12.4. The van der Waals surface area contributed by atoms with Crippen molar-refractivity contribution in [3.63, 3.8) is 0 Å². The maximum atomic E-state index is 12.7. The second kappa shape index (κ2) is 7.69. The Labute approximate surface area is 157 Å². The number of carbonyl (C=O) groups excluding carboxylic acids is 1. The van der Waals surface area contributed by atoms with Gasteiger partial charge in [-0.3, -0.25) is 4.79 Å². The van der Waals surface area contributed by atoms with Crippen molar-refractivity contribution in [2.75, 3.05) is 13.1 Å². The Kier molecular flexibility index (Phi) is 5.55. The van der Waals surface area contributed by atoms with E-state index in [4.69, 9.17) is 17.3 Å². The molecule has 26 heavy (non-hydrogen) atoms. The summed E-state index contributed by atoms with van der Waals surface area (Å²) in [5.74, 6) is -0.324. The highest BCUT2D eigenvalue weighted by molar-refractivity contribution is 7.89. The molecule has 0 bridgehead atoms. The van der Waals surface area contributed by atoms with Crippen molar-refractivity contribution in [3.05, 3.63) is 53.1 Å². The van der Waals surface area contributed by atoms with Crippen LogP contribution >= 0.6 is 11.6 Å². The number of piperidine rings is 1. The summed E-state index contributed by atoms with van der Waals surface area (Å²) < 4.78 is 26.9. The number of amides is 1. The van der Waals surface area contributed by atoms with Gasteiger partial charge in [0.1, 0.15) is 6.33 Å². The molecular weight excluding hydrogens is 376 g/mol. The molecular formula is C17H19ClN4O3S. The predicted molar refractivity (Wildman–Crippen MR) is 97.2 cm³/mol. The van der Waals surface area contributed by atoms with E-state index in [0.29, 0.717) is 48.6 Å². The molecule has 2 aromatic rings. The van der Waals surface area contributed by atoms with Gasteiger partial charge < -0.3 is 5.73 Å². The summed E-state index contributed by atoms with van der Waals surface area (Å²) in [4.78, 5) is 19.7. The van der Waals surface area contributed by atoms with E-state index >= 15 is 0 Å². The van der Waals surface area contributed by atoms with Crippen molar-refractivity contribution in [2.45, 2.75) is 24.2 Å². The van der Waals surface area contributed by atoms with Gasteiger partial charge in [-0.1, -0.05) is 17.7 Å². The first-order valence-electron chi connectivity index (χ1n) is 8.22. The molecule has 1 fully saturated rings. The highest BCUT2D eigenvalue weighted by Gasteiger charge is 2.30. The molecule has 1 aromatic heterocycles. The Hall–Kier alpha value is -2.03. The van der Waals surface area contributed by atoms with E-state index in [1.54, 1.807) is 18.2 Å². The first-order valence-corrected chi connectivity index (χ1v) is 10.0. The number of benzene rings is 1. The van der Waals surface area contributed by atoms with Gasteiger partial charge in [-0.2, -0.15) is 4.31 Å². The quantitative estimate of drug-likeness (QED) is 0.833. The highest BCUT2D eigenvalue weighted by Crippen LogP contribution is 2.27. The molecule has 2 heterocycles. The monoisotopic (exact) mass is 394 g/mol. The molecule has 1 aromatic carbocycles. The number of nitrogens with two attached hydrogens (primary N) is 1. The van der Waals surface area contributed by atoms with Gasteiger partial charge in [-0.15, -0.1) is 0 Å². The van der Waals surface area contributed by atoms with Gasteiger partial charge in [-0.25, -0.2) is 18.4 Å². The Balaban J connectivity index is 1.67. The summed E-state index contributed by atoms with van der Waals surface area (Å²) in [5, 5.41) is 0.392. The van der Waals surface area contributed by atoms with Crippen LogP contribution in [0.15, 0.2) is 41.7 Å². The Morgan fingerprint density at radius 1 is 1.31 bits per heavy atom. The van der Waals surface area contributed by atoms with Gasteiger partial charge >= 0.3 is 0 Å². The fraction of sp³-hybridized carbons (Fsp3) is 0.353. The maximum absolute atomic E-state index is 12.7. The van der Waals surface area contributed by atoms with Crippen LogP contribution in [0.4, 0.5) is 0 Å². The van der Waals surface area contributed by atoms with Gasteiger partial charge in [0.15, 0.2) is 0 Å². The lowest BCUT2D eigenvalue weighted by Crippen LogP contribution is -2.39. The minimum absolute atomic E-state index is 0.204. The van der Waals surface area contributed by atoms with E-state index in [2.05, 4.69) is 9.97 Å². The molecule has 2 N–H and O–H groups in total. The third-order valence-electron chi connectivity index (χ3n) is 4.55. The smallest absolute Gasteiger partial charge is 0.252 e. The molecule has 1 saturated heterocycles. The van der Waals surface area contributed by atoms with Gasteiger partial charge in [0, 0.05) is 24.3 Å². The topological polar surface area (TPSA) is 106 Å². The average molecular weight is 395 g/mol. The average Bonchev–Trinajstić information content (AvgIpc) is 2.62. The summed E-state index contributed by atoms with van der Waals surface area (Å²) in [5.41, 5.74) is 6.29. The lowest BCUT2D eigenvalue weighted by molar-refractivity contribution is 0.0998. The molecule has 1 aliphatic heterocycles. The van der Waals surface area contributed by atoms with Crippen LogP contribution in [-0.4, -0.2) is 41.7 Å². The van der Waals surface area contributed by atoms with Gasteiger partial charge in [-0.05, 0) is 43.4 Å². The highest BCUT2D eigenvalue weighted by atomic mass is 35.5. The van der Waals surface area contributed by atoms with Crippen LogP contribution < -0.4 is 5.73 Å². The second-order valence-corrected chi connectivity index (χ2v) is 8.63. The minimum Gasteiger partial charge on any atom is -0.365 e. The zero-order chi connectivity index (χ0) is 18.7. The molecule has 0 spiro atoms. The van der Waals surface area contributed by atoms with Crippen LogP contribution in [0, 0.1) is 5.92 Å². The summed E-state index contributed by atoms with van der Waals surface area (Å²) >= 11 is 5.91. The van der Waals surface area contributed by atoms with Crippen molar-refractivity contribution in [1.29, 1.82) is 0 Å². The molecule has 7 nitrogen and oxygen atoms in total. The molecule has 0 aliphatic carbocycles. The zero-order valence-corrected chi connectivity index (χ0v) is 15.6. The lowest BCUT2D eigenvalue weighted by Gasteiger charge is -2.31. The maximum Gasteiger partial charge on any atom is 0.252 e. The molecule has 0 unspecified atom stereocenters. The van der Waals surface area contributed by atoms with Crippen LogP contribution in [0.3, 0.4) is 0 Å². The van der Waals surface area contributed by atoms with Crippen LogP contribution in [0.2, 0.25) is 5.02 Å². The number of rotatable bonds is 5. The molecule has 1 amide bonds. The Bertz CT molecular complexity index is 912. The predicted octanol–water partition coefficient (Wildman–Crippen LogP) is 1.87. The van der Waals surface area contributed by atoms with E-state index in [1.807, 2.05) is 0 Å². The first kappa shape index (κ1) is 18.8. The van der Waals surface area contributed by atoms with Crippen LogP contribution in [-0.2, 0) is 16.4 Å². The zero-order valence-electron chi connectivity index (χ0n) is 14.0. The number of hydrogen-bond acceptors (Lipinski definition) is 5. The number of nitrogens with zero attached hydrogens (tertiary/aromatic N) is 3. The van der Waals surface area contributed by atoms with E-state index < -0.39 is 15.9 Å². The van der Waals surface area contributed by atoms with Gasteiger partial charge in [0.05, 0.1) is 16.2 Å². The molecule has 1 aliphatic rings. The van der Waals surface area contributed by atoms with Gasteiger partial charge in [0.25, 0.3) is 5.91 Å². The number of halogens is 1. The fourth-order valence-corrected chi connectivity index (χ4v) is 4.90. The normalized spacial score (nSPS) is 16.5. The fourth-order valence-electron chi connectivity index (χ4n) is 3.13. The molecule has 0 radical (unpaired) electrons. The summed E-state index contributed by atoms with van der Waals surface area (Å²) in [6.07, 6.45) is 4.75. The van der Waals surface area contributed by atoms with Gasteiger partial charge in [0.2, 0.25) is 10.0 Å². The van der Waals surface area contributed by atoms with E-state index in [1.165, 1.54) is 22.9 Å². The standard InChI is InChI=1S/C17H19ClN4O3S/c18-13-2-1-3-14(9-13)26(24,25)22-6-4-12(5-7-22)8-16-15(17(19)23)10-20-11-21-16/h1-3,9-12H,4-8H2,(H2,19,23). The number of aromatic nitrogens is 2. The third-order valence-corrected chi connectivity index (χ3v) is 6.68. The Morgan fingerprint density at radius 2 is 2.04 bits per heavy atom. The number of sulfonamides is 1. The van der Waals surface area contributed by atoms with Crippen molar-refractivity contribution >= 4 is 27.5 Å². The van der Waals surface area contributed by atoms with E-state index in [9.17, 15) is 13.2 Å². The molecule has 0 atom stereocenters. The molecule has 138 valence electrons. The molecule has 9 heteroatoms. The number of carbonyl (C=O) groups is 1. The van der Waals surface area contributed by atoms with Crippen LogP contribution in [0.1, 0.15) is 28.9 Å². The summed E-state index contributed by atoms with van der Waals surface area (Å²) in [6.45, 7) is 0.826. The Morgan fingerprint density at radius 3 is 2.69 bits per heavy atom. The second-order valence-electron chi connectivity index (χ2n) is 6.26. The molecule has 3 rings (SSSR count). The number of primary amides is 1.